The molecule has 1 N–H and O–H groups in total. The van der Waals surface area contributed by atoms with Gasteiger partial charge in [0.15, 0.2) is 0 Å². The summed E-state index contributed by atoms with van der Waals surface area (Å²) in [5, 5.41) is 4.24. The molecule has 3 aromatic carbocycles. The van der Waals surface area contributed by atoms with Gasteiger partial charge in [-0.25, -0.2) is 8.42 Å². The molecule has 0 fully saturated rings. The predicted molar refractivity (Wildman–Crippen MR) is 138 cm³/mol. The van der Waals surface area contributed by atoms with Crippen molar-refractivity contribution in [2.45, 2.75) is 10.6 Å². The molecule has 0 bridgehead atoms. The van der Waals surface area contributed by atoms with E-state index in [2.05, 4.69) is 5.32 Å². The Hall–Kier alpha value is -1.90. The van der Waals surface area contributed by atoms with Gasteiger partial charge in [-0.3, -0.25) is 9.10 Å². The SMILES string of the molecule is O=C(CN(c1cccc(Cl)c1)S(=O)(=O)c1ccc(Cl)cc1)NCCSCc1cccc(Cl)c1. The largest absolute Gasteiger partial charge is 0.354 e. The molecule has 0 saturated heterocycles. The second kappa shape index (κ2) is 12.0. The van der Waals surface area contributed by atoms with E-state index in [0.717, 1.165) is 15.6 Å². The molecule has 0 aromatic heterocycles. The van der Waals surface area contributed by atoms with E-state index in [1.165, 1.54) is 30.3 Å². The first-order chi connectivity index (χ1) is 15.8. The van der Waals surface area contributed by atoms with Gasteiger partial charge in [0.25, 0.3) is 10.0 Å². The van der Waals surface area contributed by atoms with Crippen molar-refractivity contribution in [1.29, 1.82) is 0 Å². The number of amides is 1. The monoisotopic (exact) mass is 542 g/mol. The van der Waals surface area contributed by atoms with Gasteiger partial charge >= 0.3 is 0 Å². The van der Waals surface area contributed by atoms with Gasteiger partial charge in [-0.15, -0.1) is 0 Å². The zero-order valence-electron chi connectivity index (χ0n) is 17.4. The van der Waals surface area contributed by atoms with Gasteiger partial charge < -0.3 is 5.32 Å². The number of halogens is 3. The number of thioether (sulfide) groups is 1. The van der Waals surface area contributed by atoms with Gasteiger partial charge in [0.2, 0.25) is 5.91 Å². The van der Waals surface area contributed by atoms with Crippen molar-refractivity contribution in [2.24, 2.45) is 0 Å². The van der Waals surface area contributed by atoms with Crippen LogP contribution in [0.25, 0.3) is 0 Å². The average molecular weight is 544 g/mol. The van der Waals surface area contributed by atoms with Crippen LogP contribution in [0.4, 0.5) is 5.69 Å². The Labute approximate surface area is 213 Å². The highest BCUT2D eigenvalue weighted by Crippen LogP contribution is 2.26. The first-order valence-electron chi connectivity index (χ1n) is 9.88. The molecule has 3 aromatic rings. The fraction of sp³-hybridized carbons (Fsp3) is 0.174. The number of nitrogens with one attached hydrogen (secondary N) is 1. The van der Waals surface area contributed by atoms with Gasteiger partial charge in [-0.2, -0.15) is 11.8 Å². The second-order valence-electron chi connectivity index (χ2n) is 6.98. The van der Waals surface area contributed by atoms with Crippen LogP contribution in [-0.2, 0) is 20.6 Å². The summed E-state index contributed by atoms with van der Waals surface area (Å²) in [6.45, 7) is 0.0126. The average Bonchev–Trinajstić information content (AvgIpc) is 2.77. The van der Waals surface area contributed by atoms with E-state index < -0.39 is 15.9 Å². The van der Waals surface area contributed by atoms with Crippen LogP contribution in [-0.4, -0.2) is 33.2 Å². The lowest BCUT2D eigenvalue weighted by Crippen LogP contribution is -2.41. The number of carbonyl (C=O) groups excluding carboxylic acids is 1. The molecule has 33 heavy (non-hydrogen) atoms. The third-order valence-electron chi connectivity index (χ3n) is 4.51. The van der Waals surface area contributed by atoms with Crippen LogP contribution in [0.2, 0.25) is 15.1 Å². The maximum Gasteiger partial charge on any atom is 0.264 e. The Morgan fingerprint density at radius 2 is 1.55 bits per heavy atom. The smallest absolute Gasteiger partial charge is 0.264 e. The molecule has 0 aliphatic heterocycles. The Morgan fingerprint density at radius 1 is 0.879 bits per heavy atom. The molecule has 0 spiro atoms. The molecule has 10 heteroatoms. The summed E-state index contributed by atoms with van der Waals surface area (Å²) in [6.07, 6.45) is 0. The number of hydrogen-bond acceptors (Lipinski definition) is 4. The minimum atomic E-state index is -4.02. The van der Waals surface area contributed by atoms with Gasteiger partial charge in [0.1, 0.15) is 6.54 Å². The number of rotatable bonds is 10. The summed E-state index contributed by atoms with van der Waals surface area (Å²) in [5.41, 5.74) is 1.39. The summed E-state index contributed by atoms with van der Waals surface area (Å²) in [6, 6.07) is 19.7. The summed E-state index contributed by atoms with van der Waals surface area (Å²) in [7, 11) is -4.02. The zero-order valence-corrected chi connectivity index (χ0v) is 21.3. The highest BCUT2D eigenvalue weighted by Gasteiger charge is 2.27. The number of hydrogen-bond donors (Lipinski definition) is 1. The lowest BCUT2D eigenvalue weighted by Gasteiger charge is -2.24. The van der Waals surface area contributed by atoms with Crippen LogP contribution >= 0.6 is 46.6 Å². The van der Waals surface area contributed by atoms with E-state index in [1.54, 1.807) is 30.0 Å². The molecule has 3 rings (SSSR count). The van der Waals surface area contributed by atoms with Crippen molar-refractivity contribution in [3.05, 3.63) is 93.4 Å². The van der Waals surface area contributed by atoms with Crippen LogP contribution in [0.3, 0.4) is 0 Å². The Kier molecular flexibility index (Phi) is 9.35. The zero-order chi connectivity index (χ0) is 23.8. The normalized spacial score (nSPS) is 11.2. The van der Waals surface area contributed by atoms with Crippen molar-refractivity contribution in [1.82, 2.24) is 5.32 Å². The van der Waals surface area contributed by atoms with Crippen molar-refractivity contribution < 1.29 is 13.2 Å². The van der Waals surface area contributed by atoms with Crippen LogP contribution < -0.4 is 9.62 Å². The number of benzene rings is 3. The minimum Gasteiger partial charge on any atom is -0.354 e. The molecule has 174 valence electrons. The van der Waals surface area contributed by atoms with Gasteiger partial charge in [0, 0.05) is 33.1 Å². The Balaban J connectivity index is 1.64. The maximum atomic E-state index is 13.3. The first kappa shape index (κ1) is 25.7. The first-order valence-corrected chi connectivity index (χ1v) is 13.6. The molecule has 5 nitrogen and oxygen atoms in total. The molecule has 0 aliphatic carbocycles. The molecule has 0 heterocycles. The number of sulfonamides is 1. The third-order valence-corrected chi connectivity index (χ3v) is 8.05. The van der Waals surface area contributed by atoms with Crippen molar-refractivity contribution in [2.75, 3.05) is 23.1 Å². The standard InChI is InChI=1S/C23H21Cl3N2O3S2/c24-18-7-9-22(10-8-18)33(30,31)28(21-6-2-5-20(26)14-21)15-23(29)27-11-12-32-16-17-3-1-4-19(25)13-17/h1-10,13-14H,11-12,15-16H2,(H,27,29). The number of nitrogens with zero attached hydrogens (tertiary/aromatic N) is 1. The van der Waals surface area contributed by atoms with Gasteiger partial charge in [-0.05, 0) is 60.2 Å². The molecule has 1 amide bonds. The summed E-state index contributed by atoms with van der Waals surface area (Å²) < 4.78 is 27.6. The lowest BCUT2D eigenvalue weighted by molar-refractivity contribution is -0.119. The van der Waals surface area contributed by atoms with Crippen LogP contribution in [0.5, 0.6) is 0 Å². The molecule has 0 radical (unpaired) electrons. The highest BCUT2D eigenvalue weighted by atomic mass is 35.5. The van der Waals surface area contributed by atoms with E-state index in [-0.39, 0.29) is 11.4 Å². The predicted octanol–water partition coefficient (Wildman–Crippen LogP) is 5.89. The fourth-order valence-electron chi connectivity index (χ4n) is 2.95. The quantitative estimate of drug-likeness (QED) is 0.324. The van der Waals surface area contributed by atoms with E-state index in [1.807, 2.05) is 24.3 Å². The van der Waals surface area contributed by atoms with Crippen molar-refractivity contribution >= 4 is 68.2 Å². The summed E-state index contributed by atoms with van der Waals surface area (Å²) >= 11 is 19.6. The minimum absolute atomic E-state index is 0.0248. The van der Waals surface area contributed by atoms with Crippen molar-refractivity contribution in [3.63, 3.8) is 0 Å². The molecule has 0 saturated carbocycles. The lowest BCUT2D eigenvalue weighted by atomic mass is 10.2. The maximum absolute atomic E-state index is 13.3. The third kappa shape index (κ3) is 7.55. The topological polar surface area (TPSA) is 66.5 Å². The summed E-state index contributed by atoms with van der Waals surface area (Å²) in [4.78, 5) is 12.6. The van der Waals surface area contributed by atoms with E-state index >= 15 is 0 Å². The van der Waals surface area contributed by atoms with E-state index in [9.17, 15) is 13.2 Å². The van der Waals surface area contributed by atoms with Gasteiger partial charge in [-0.1, -0.05) is 53.0 Å². The van der Waals surface area contributed by atoms with E-state index in [4.69, 9.17) is 34.8 Å². The van der Waals surface area contributed by atoms with Crippen LogP contribution in [0.15, 0.2) is 77.7 Å². The van der Waals surface area contributed by atoms with E-state index in [0.29, 0.717) is 33.1 Å². The molecular weight excluding hydrogens is 523 g/mol. The number of carbonyl (C=O) groups is 1. The van der Waals surface area contributed by atoms with Gasteiger partial charge in [0.05, 0.1) is 10.6 Å². The second-order valence-corrected chi connectivity index (χ2v) is 11.3. The molecule has 0 atom stereocenters. The number of anilines is 1. The fourth-order valence-corrected chi connectivity index (χ4v) is 5.69. The Bertz CT molecular complexity index is 1210. The van der Waals surface area contributed by atoms with Crippen LogP contribution in [0, 0.1) is 0 Å². The molecular formula is C23H21Cl3N2O3S2. The summed E-state index contributed by atoms with van der Waals surface area (Å²) in [5.74, 6) is 1.01. The van der Waals surface area contributed by atoms with Crippen molar-refractivity contribution in [3.8, 4) is 0 Å². The highest BCUT2D eigenvalue weighted by molar-refractivity contribution is 7.98. The molecule has 0 aliphatic rings. The Morgan fingerprint density at radius 3 is 2.21 bits per heavy atom. The van der Waals surface area contributed by atoms with Crippen LogP contribution in [0.1, 0.15) is 5.56 Å². The molecule has 0 unspecified atom stereocenters.